The molecule has 2 N–H and O–H groups in total. The molecule has 1 aromatic carbocycles. The van der Waals surface area contributed by atoms with E-state index in [-0.39, 0.29) is 12.4 Å². The summed E-state index contributed by atoms with van der Waals surface area (Å²) in [7, 11) is 1.70. The number of halogens is 1. The van der Waals surface area contributed by atoms with E-state index in [2.05, 4.69) is 35.5 Å². The minimum atomic E-state index is 0. The van der Waals surface area contributed by atoms with Crippen molar-refractivity contribution in [1.29, 1.82) is 0 Å². The molecular formula is C20H32ClN3O. The normalized spacial score (nSPS) is 11.8. The number of ether oxygens (including phenoxy) is 1. The number of fused-ring (bicyclic) bond motifs is 1. The molecule has 0 aliphatic carbocycles. The van der Waals surface area contributed by atoms with Gasteiger partial charge in [-0.3, -0.25) is 4.98 Å². The maximum Gasteiger partial charge on any atom is 0.121 e. The van der Waals surface area contributed by atoms with Crippen molar-refractivity contribution in [2.45, 2.75) is 52.0 Å². The molecule has 1 heterocycles. The first-order chi connectivity index (χ1) is 11.7. The molecule has 0 bridgehead atoms. The average molecular weight is 366 g/mol. The zero-order chi connectivity index (χ0) is 17.2. The molecule has 2 rings (SSSR count). The number of aromatic nitrogens is 1. The van der Waals surface area contributed by atoms with Gasteiger partial charge in [-0.2, -0.15) is 0 Å². The molecule has 0 saturated heterocycles. The van der Waals surface area contributed by atoms with Crippen molar-refractivity contribution in [2.24, 2.45) is 0 Å². The fraction of sp³-hybridized carbons (Fsp3) is 0.550. The highest BCUT2D eigenvalue weighted by molar-refractivity contribution is 5.91. The molecule has 5 heteroatoms. The summed E-state index contributed by atoms with van der Waals surface area (Å²) in [6.45, 7) is 6.58. The number of unbranched alkanes of at least 4 members (excludes halogenated alkanes) is 2. The van der Waals surface area contributed by atoms with Crippen LogP contribution in [0.2, 0.25) is 0 Å². The molecule has 2 aromatic rings. The summed E-state index contributed by atoms with van der Waals surface area (Å²) in [5, 5.41) is 8.21. The molecule has 0 radical (unpaired) electrons. The highest BCUT2D eigenvalue weighted by atomic mass is 35.5. The van der Waals surface area contributed by atoms with Crippen molar-refractivity contribution < 1.29 is 4.74 Å². The third-order valence-electron chi connectivity index (χ3n) is 4.30. The Kier molecular flexibility index (Phi) is 10.3. The van der Waals surface area contributed by atoms with Crippen LogP contribution in [-0.2, 0) is 0 Å². The van der Waals surface area contributed by atoms with Gasteiger partial charge >= 0.3 is 0 Å². The summed E-state index contributed by atoms with van der Waals surface area (Å²) in [5.74, 6) is 0.868. The quantitative estimate of drug-likeness (QED) is 0.548. The van der Waals surface area contributed by atoms with Gasteiger partial charge in [-0.05, 0) is 44.9 Å². The van der Waals surface area contributed by atoms with Crippen molar-refractivity contribution in [2.75, 3.05) is 25.5 Å². The van der Waals surface area contributed by atoms with E-state index in [1.165, 1.54) is 25.7 Å². The van der Waals surface area contributed by atoms with E-state index in [4.69, 9.17) is 4.74 Å². The fourth-order valence-corrected chi connectivity index (χ4v) is 2.95. The summed E-state index contributed by atoms with van der Waals surface area (Å²) in [4.78, 5) is 4.49. The van der Waals surface area contributed by atoms with Crippen LogP contribution in [0.25, 0.3) is 10.9 Å². The van der Waals surface area contributed by atoms with Gasteiger partial charge in [0.1, 0.15) is 5.75 Å². The summed E-state index contributed by atoms with van der Waals surface area (Å²) < 4.78 is 5.39. The van der Waals surface area contributed by atoms with Crippen molar-refractivity contribution in [3.63, 3.8) is 0 Å². The second-order valence-corrected chi connectivity index (χ2v) is 6.38. The zero-order valence-corrected chi connectivity index (χ0v) is 16.5. The number of hydrogen-bond donors (Lipinski definition) is 2. The van der Waals surface area contributed by atoms with Crippen LogP contribution in [0.5, 0.6) is 5.75 Å². The minimum absolute atomic E-state index is 0. The molecule has 1 unspecified atom stereocenters. The molecule has 1 aromatic heterocycles. The van der Waals surface area contributed by atoms with Gasteiger partial charge in [-0.25, -0.2) is 0 Å². The van der Waals surface area contributed by atoms with E-state index in [9.17, 15) is 0 Å². The lowest BCUT2D eigenvalue weighted by molar-refractivity contribution is 0.415. The number of rotatable bonds is 11. The van der Waals surface area contributed by atoms with Gasteiger partial charge in [-0.15, -0.1) is 12.4 Å². The maximum atomic E-state index is 5.39. The van der Waals surface area contributed by atoms with Crippen LogP contribution >= 0.6 is 12.4 Å². The van der Waals surface area contributed by atoms with E-state index in [1.807, 2.05) is 24.4 Å². The molecule has 0 amide bonds. The molecule has 140 valence electrons. The van der Waals surface area contributed by atoms with Gasteiger partial charge in [0.25, 0.3) is 0 Å². The highest BCUT2D eigenvalue weighted by Crippen LogP contribution is 2.27. The Hall–Kier alpha value is -1.52. The number of methoxy groups -OCH3 is 1. The van der Waals surface area contributed by atoms with E-state index < -0.39 is 0 Å². The highest BCUT2D eigenvalue weighted by Gasteiger charge is 2.05. The molecule has 0 fully saturated rings. The smallest absolute Gasteiger partial charge is 0.121 e. The van der Waals surface area contributed by atoms with Gasteiger partial charge in [0.05, 0.1) is 18.3 Å². The third-order valence-corrected chi connectivity index (χ3v) is 4.30. The molecule has 0 spiro atoms. The molecule has 1 atom stereocenters. The first kappa shape index (κ1) is 21.5. The van der Waals surface area contributed by atoms with Crippen molar-refractivity contribution >= 4 is 29.0 Å². The second-order valence-electron chi connectivity index (χ2n) is 6.38. The third kappa shape index (κ3) is 7.09. The van der Waals surface area contributed by atoms with Crippen molar-refractivity contribution in [1.82, 2.24) is 10.3 Å². The molecule has 25 heavy (non-hydrogen) atoms. The SMILES string of the molecule is CCCC(C)NCCCCCNc1cc(OC)cc2cccnc12.Cl. The first-order valence-electron chi connectivity index (χ1n) is 9.14. The van der Waals surface area contributed by atoms with Crippen LogP contribution in [0.4, 0.5) is 5.69 Å². The zero-order valence-electron chi connectivity index (χ0n) is 15.7. The predicted molar refractivity (Wildman–Crippen MR) is 110 cm³/mol. The Morgan fingerprint density at radius 1 is 1.16 bits per heavy atom. The van der Waals surface area contributed by atoms with Gasteiger partial charge in [0.15, 0.2) is 0 Å². The van der Waals surface area contributed by atoms with Crippen LogP contribution in [0, 0.1) is 0 Å². The van der Waals surface area contributed by atoms with E-state index >= 15 is 0 Å². The number of nitrogens with zero attached hydrogens (tertiary/aromatic N) is 1. The number of benzene rings is 1. The van der Waals surface area contributed by atoms with Crippen LogP contribution in [0.15, 0.2) is 30.5 Å². The predicted octanol–water partition coefficient (Wildman–Crippen LogP) is 5.03. The van der Waals surface area contributed by atoms with Crippen LogP contribution in [0.1, 0.15) is 46.0 Å². The van der Waals surface area contributed by atoms with Gasteiger partial charge in [0, 0.05) is 30.2 Å². The monoisotopic (exact) mass is 365 g/mol. The Morgan fingerprint density at radius 3 is 2.72 bits per heavy atom. The Morgan fingerprint density at radius 2 is 1.96 bits per heavy atom. The molecule has 0 saturated carbocycles. The summed E-state index contributed by atoms with van der Waals surface area (Å²) in [6.07, 6.45) is 7.97. The van der Waals surface area contributed by atoms with E-state index in [0.717, 1.165) is 41.9 Å². The first-order valence-corrected chi connectivity index (χ1v) is 9.14. The van der Waals surface area contributed by atoms with Crippen LogP contribution in [-0.4, -0.2) is 31.2 Å². The summed E-state index contributed by atoms with van der Waals surface area (Å²) in [5.41, 5.74) is 2.06. The van der Waals surface area contributed by atoms with E-state index in [0.29, 0.717) is 6.04 Å². The number of hydrogen-bond acceptors (Lipinski definition) is 4. The molecular weight excluding hydrogens is 334 g/mol. The standard InChI is InChI=1S/C20H31N3O.ClH/c1-4-9-16(2)21-11-6-5-7-12-22-19-15-18(24-3)14-17-10-8-13-23-20(17)19;/h8,10,13-16,21-22H,4-7,9,11-12H2,1-3H3;1H. The van der Waals surface area contributed by atoms with E-state index in [1.54, 1.807) is 7.11 Å². The summed E-state index contributed by atoms with van der Waals surface area (Å²) in [6, 6.07) is 8.72. The molecule has 4 nitrogen and oxygen atoms in total. The lowest BCUT2D eigenvalue weighted by Crippen LogP contribution is -2.26. The topological polar surface area (TPSA) is 46.2 Å². The number of nitrogens with one attached hydrogen (secondary N) is 2. The van der Waals surface area contributed by atoms with Crippen molar-refractivity contribution in [3.05, 3.63) is 30.5 Å². The summed E-state index contributed by atoms with van der Waals surface area (Å²) >= 11 is 0. The minimum Gasteiger partial charge on any atom is -0.497 e. The fourth-order valence-electron chi connectivity index (χ4n) is 2.95. The average Bonchev–Trinajstić information content (AvgIpc) is 2.60. The van der Waals surface area contributed by atoms with Gasteiger partial charge in [0.2, 0.25) is 0 Å². The van der Waals surface area contributed by atoms with Crippen LogP contribution < -0.4 is 15.4 Å². The van der Waals surface area contributed by atoms with Gasteiger partial charge in [-0.1, -0.05) is 25.8 Å². The largest absolute Gasteiger partial charge is 0.497 e. The van der Waals surface area contributed by atoms with Gasteiger partial charge < -0.3 is 15.4 Å². The Labute approximate surface area is 158 Å². The van der Waals surface area contributed by atoms with Crippen molar-refractivity contribution in [3.8, 4) is 5.75 Å². The molecule has 0 aliphatic rings. The molecule has 0 aliphatic heterocycles. The number of anilines is 1. The Bertz CT molecular complexity index is 621. The number of pyridine rings is 1. The second kappa shape index (κ2) is 11.9. The van der Waals surface area contributed by atoms with Crippen LogP contribution in [0.3, 0.4) is 0 Å². The Balaban J connectivity index is 0.00000312. The lowest BCUT2D eigenvalue weighted by Gasteiger charge is -2.13. The maximum absolute atomic E-state index is 5.39. The lowest BCUT2D eigenvalue weighted by atomic mass is 10.1.